The number of hydrogen-bond donors (Lipinski definition) is 5. The number of amides is 4. The molecule has 0 bridgehead atoms. The number of nitrogens with one attached hydrogen (secondary N) is 4. The van der Waals surface area contributed by atoms with Gasteiger partial charge in [0, 0.05) is 70.9 Å². The van der Waals surface area contributed by atoms with Crippen LogP contribution >= 0.6 is 23.2 Å². The Morgan fingerprint density at radius 1 is 0.736 bits per heavy atom. The molecule has 0 aliphatic carbocycles. The molecule has 4 amide bonds. The van der Waals surface area contributed by atoms with E-state index in [1.165, 1.54) is 18.2 Å². The molecule has 15 nitrogen and oxygen atoms in total. The van der Waals surface area contributed by atoms with Crippen molar-refractivity contribution in [1.82, 2.24) is 23.9 Å². The third kappa shape index (κ3) is 11.1. The van der Waals surface area contributed by atoms with E-state index in [-0.39, 0.29) is 27.9 Å². The van der Waals surface area contributed by atoms with Gasteiger partial charge < -0.3 is 44.8 Å². The summed E-state index contributed by atoms with van der Waals surface area (Å²) >= 11 is 12.1. The van der Waals surface area contributed by atoms with Gasteiger partial charge in [0.1, 0.15) is 17.1 Å². The molecule has 284 valence electrons. The van der Waals surface area contributed by atoms with Crippen molar-refractivity contribution in [2.24, 2.45) is 21.1 Å². The Labute approximate surface area is 310 Å². The molecular formula is C33H35Cl2F3N8O7. The van der Waals surface area contributed by atoms with Crippen molar-refractivity contribution in [3.63, 3.8) is 0 Å². The third-order valence-corrected chi connectivity index (χ3v) is 8.27. The van der Waals surface area contributed by atoms with Gasteiger partial charge in [0.15, 0.2) is 0 Å². The van der Waals surface area contributed by atoms with Gasteiger partial charge in [0.2, 0.25) is 0 Å². The van der Waals surface area contributed by atoms with Gasteiger partial charge in [-0.05, 0) is 36.4 Å². The lowest BCUT2D eigenvalue weighted by atomic mass is 10.2. The second-order valence-corrected chi connectivity index (χ2v) is 12.5. The number of rotatable bonds is 10. The second kappa shape index (κ2) is 17.5. The van der Waals surface area contributed by atoms with Crippen LogP contribution in [0.4, 0.5) is 30.2 Å². The predicted octanol–water partition coefficient (Wildman–Crippen LogP) is 4.46. The van der Waals surface area contributed by atoms with Crippen LogP contribution in [-0.4, -0.2) is 98.9 Å². The van der Waals surface area contributed by atoms with Crippen LogP contribution in [0.3, 0.4) is 0 Å². The minimum absolute atomic E-state index is 0.205. The van der Waals surface area contributed by atoms with E-state index in [9.17, 15) is 32.3 Å². The number of anilines is 3. The van der Waals surface area contributed by atoms with Crippen LogP contribution in [0.2, 0.25) is 10.0 Å². The monoisotopic (exact) mass is 782 g/mol. The number of aryl methyl sites for hydroxylation is 3. The van der Waals surface area contributed by atoms with Gasteiger partial charge in [-0.25, -0.2) is 4.79 Å². The lowest BCUT2D eigenvalue weighted by molar-refractivity contribution is -0.192. The van der Waals surface area contributed by atoms with Crippen molar-refractivity contribution < 1.29 is 47.0 Å². The lowest BCUT2D eigenvalue weighted by Gasteiger charge is -2.26. The normalized spacial score (nSPS) is 13.1. The first-order valence-corrected chi connectivity index (χ1v) is 16.4. The number of halogens is 5. The molecule has 1 aromatic carbocycles. The van der Waals surface area contributed by atoms with E-state index in [1.54, 1.807) is 71.6 Å². The molecular weight excluding hydrogens is 748 g/mol. The number of benzene rings is 1. The van der Waals surface area contributed by atoms with Crippen molar-refractivity contribution in [3.05, 3.63) is 87.7 Å². The molecule has 4 heterocycles. The highest BCUT2D eigenvalue weighted by Crippen LogP contribution is 2.24. The van der Waals surface area contributed by atoms with E-state index in [1.807, 2.05) is 0 Å². The predicted molar refractivity (Wildman–Crippen MR) is 190 cm³/mol. The Hall–Kier alpha value is -5.30. The Balaban J connectivity index is 0.000000815. The fourth-order valence-electron chi connectivity index (χ4n) is 5.08. The summed E-state index contributed by atoms with van der Waals surface area (Å²) in [5.41, 5.74) is 2.45. The van der Waals surface area contributed by atoms with Crippen LogP contribution in [-0.2, 0) is 30.7 Å². The number of aromatic nitrogens is 3. The molecule has 5 N–H and O–H groups in total. The van der Waals surface area contributed by atoms with E-state index in [0.717, 1.165) is 19.6 Å². The summed E-state index contributed by atoms with van der Waals surface area (Å²) < 4.78 is 41.9. The van der Waals surface area contributed by atoms with Crippen LogP contribution in [0.5, 0.6) is 0 Å². The number of morpholine rings is 1. The van der Waals surface area contributed by atoms with Gasteiger partial charge in [-0.15, -0.1) is 0 Å². The summed E-state index contributed by atoms with van der Waals surface area (Å²) in [7, 11) is 5.08. The zero-order valence-corrected chi connectivity index (χ0v) is 30.0. The molecule has 1 saturated heterocycles. The number of carbonyl (C=O) groups is 5. The molecule has 0 atom stereocenters. The molecule has 1 aliphatic rings. The van der Waals surface area contributed by atoms with Gasteiger partial charge in [-0.3, -0.25) is 24.1 Å². The number of carboxylic acids is 1. The van der Waals surface area contributed by atoms with Crippen LogP contribution in [0.15, 0.2) is 55.0 Å². The van der Waals surface area contributed by atoms with Crippen LogP contribution in [0.25, 0.3) is 0 Å². The largest absolute Gasteiger partial charge is 0.490 e. The molecule has 1 aliphatic heterocycles. The summed E-state index contributed by atoms with van der Waals surface area (Å²) in [4.78, 5) is 62.8. The molecule has 0 radical (unpaired) electrons. The van der Waals surface area contributed by atoms with E-state index in [0.29, 0.717) is 47.5 Å². The van der Waals surface area contributed by atoms with Crippen LogP contribution in [0, 0.1) is 0 Å². The maximum Gasteiger partial charge on any atom is 0.490 e. The second-order valence-electron chi connectivity index (χ2n) is 11.7. The smallest absolute Gasteiger partial charge is 0.475 e. The van der Waals surface area contributed by atoms with Gasteiger partial charge in [-0.1, -0.05) is 23.2 Å². The van der Waals surface area contributed by atoms with Gasteiger partial charge in [0.05, 0.1) is 40.9 Å². The van der Waals surface area contributed by atoms with E-state index >= 15 is 0 Å². The average Bonchev–Trinajstić information content (AvgIpc) is 3.76. The third-order valence-electron chi connectivity index (χ3n) is 7.72. The number of carbonyl (C=O) groups excluding carboxylic acids is 4. The van der Waals surface area contributed by atoms with Crippen molar-refractivity contribution in [3.8, 4) is 0 Å². The fourth-order valence-corrected chi connectivity index (χ4v) is 5.58. The minimum atomic E-state index is -5.08. The Morgan fingerprint density at radius 2 is 1.17 bits per heavy atom. The number of aliphatic carboxylic acids is 1. The van der Waals surface area contributed by atoms with Gasteiger partial charge in [0.25, 0.3) is 23.6 Å². The summed E-state index contributed by atoms with van der Waals surface area (Å²) in [5.74, 6) is -4.31. The summed E-state index contributed by atoms with van der Waals surface area (Å²) in [6.07, 6.45) is -0.217. The Morgan fingerprint density at radius 3 is 1.60 bits per heavy atom. The first kappa shape index (κ1) is 40.5. The Bertz CT molecular complexity index is 2000. The van der Waals surface area contributed by atoms with E-state index < -0.39 is 29.9 Å². The first-order valence-electron chi connectivity index (χ1n) is 15.7. The summed E-state index contributed by atoms with van der Waals surface area (Å²) in [6, 6.07) is 9.23. The van der Waals surface area contributed by atoms with Crippen molar-refractivity contribution in [2.75, 3.05) is 55.3 Å². The molecule has 53 heavy (non-hydrogen) atoms. The van der Waals surface area contributed by atoms with E-state index in [4.69, 9.17) is 37.8 Å². The van der Waals surface area contributed by atoms with Crippen molar-refractivity contribution in [1.29, 1.82) is 0 Å². The molecule has 20 heteroatoms. The molecule has 4 aromatic rings. The quantitative estimate of drug-likeness (QED) is 0.156. The number of carboxylic acid groups (broad SMARTS) is 1. The first-order chi connectivity index (χ1) is 24.9. The number of nitrogens with zero attached hydrogens (tertiary/aromatic N) is 4. The van der Waals surface area contributed by atoms with Crippen molar-refractivity contribution in [2.45, 2.75) is 6.18 Å². The standard InChI is InChI=1S/C31H34Cl2N8O5.C2HF3O2/c1-38-17-21(13-25(38)29(43)34-6-7-41-8-10-46-11-9-41)36-31(45)27-15-22(18-40(27)3)37-30(44)26-14-20(16-39(26)2)35-28(42)23-5-4-19(32)12-24(23)33;3-2(4,5)1(6)7/h4-5,12-18H,6-11H2,1-3H3,(H,34,43)(H,35,42)(H,36,45)(H,37,44);(H,6,7). The Kier molecular flexibility index (Phi) is 13.3. The molecule has 0 saturated carbocycles. The molecule has 0 unspecified atom stereocenters. The minimum Gasteiger partial charge on any atom is -0.475 e. The highest BCUT2D eigenvalue weighted by atomic mass is 35.5. The van der Waals surface area contributed by atoms with Crippen LogP contribution in [0.1, 0.15) is 41.8 Å². The molecule has 1 fully saturated rings. The zero-order valence-electron chi connectivity index (χ0n) is 28.5. The molecule has 5 rings (SSSR count). The SMILES string of the molecule is Cn1cc(NC(=O)c2cc(NC(=O)c3cc(NC(=O)c4ccc(Cl)cc4Cl)cn3C)cn2C)cc1C(=O)NCCN1CCOCC1.O=C(O)C(F)(F)F. The summed E-state index contributed by atoms with van der Waals surface area (Å²) in [5, 5.41) is 19.0. The number of alkyl halides is 3. The highest BCUT2D eigenvalue weighted by molar-refractivity contribution is 6.37. The molecule has 0 spiro atoms. The zero-order chi connectivity index (χ0) is 39.0. The van der Waals surface area contributed by atoms with Crippen molar-refractivity contribution >= 4 is 69.9 Å². The number of hydrogen-bond acceptors (Lipinski definition) is 7. The highest BCUT2D eigenvalue weighted by Gasteiger charge is 2.38. The van der Waals surface area contributed by atoms with Crippen LogP contribution < -0.4 is 21.3 Å². The maximum atomic E-state index is 13.1. The molecule has 3 aromatic heterocycles. The fraction of sp³-hybridized carbons (Fsp3) is 0.303. The number of ether oxygens (including phenoxy) is 1. The van der Waals surface area contributed by atoms with Gasteiger partial charge in [-0.2, -0.15) is 13.2 Å². The summed E-state index contributed by atoms with van der Waals surface area (Å²) in [6.45, 7) is 4.31. The van der Waals surface area contributed by atoms with E-state index in [2.05, 4.69) is 26.2 Å². The van der Waals surface area contributed by atoms with Gasteiger partial charge >= 0.3 is 12.1 Å². The average molecular weight is 784 g/mol. The maximum absolute atomic E-state index is 13.1. The topological polar surface area (TPSA) is 181 Å². The lowest BCUT2D eigenvalue weighted by Crippen LogP contribution is -2.41.